The van der Waals surface area contributed by atoms with Crippen LogP contribution in [0.1, 0.15) is 12.0 Å². The summed E-state index contributed by atoms with van der Waals surface area (Å²) in [7, 11) is 1.63. The molecule has 0 aliphatic carbocycles. The molecule has 0 aliphatic rings. The van der Waals surface area contributed by atoms with Crippen LogP contribution in [-0.2, 0) is 11.3 Å². The number of carbonyl (C=O) groups is 1. The molecule has 1 amide bonds. The van der Waals surface area contributed by atoms with Gasteiger partial charge in [-0.05, 0) is 36.9 Å². The number of amides is 1. The van der Waals surface area contributed by atoms with E-state index in [1.54, 1.807) is 7.11 Å². The first kappa shape index (κ1) is 18.4. The van der Waals surface area contributed by atoms with Crippen LogP contribution in [0, 0.1) is 0 Å². The van der Waals surface area contributed by atoms with E-state index in [1.165, 1.54) is 4.90 Å². The Morgan fingerprint density at radius 1 is 1.08 bits per heavy atom. The van der Waals surface area contributed by atoms with Crippen LogP contribution >= 0.6 is 11.8 Å². The van der Waals surface area contributed by atoms with E-state index < -0.39 is 0 Å². The van der Waals surface area contributed by atoms with Gasteiger partial charge in [-0.25, -0.2) is 0 Å². The number of carbonyl (C=O) groups excluding carboxylic acids is 1. The van der Waals surface area contributed by atoms with Crippen LogP contribution in [0.5, 0.6) is 5.75 Å². The number of hydrogen-bond donors (Lipinski definition) is 2. The lowest BCUT2D eigenvalue weighted by Crippen LogP contribution is -2.34. The van der Waals surface area contributed by atoms with Crippen molar-refractivity contribution in [1.82, 2.24) is 10.6 Å². The zero-order valence-corrected chi connectivity index (χ0v) is 14.8. The number of methoxy groups -OCH3 is 1. The van der Waals surface area contributed by atoms with Crippen molar-refractivity contribution in [2.45, 2.75) is 17.9 Å². The van der Waals surface area contributed by atoms with Gasteiger partial charge in [-0.1, -0.05) is 36.4 Å². The summed E-state index contributed by atoms with van der Waals surface area (Å²) in [4.78, 5) is 13.1. The number of benzene rings is 2. The highest BCUT2D eigenvalue weighted by atomic mass is 32.2. The van der Waals surface area contributed by atoms with Crippen LogP contribution in [0.4, 0.5) is 0 Å². The Bertz CT molecular complexity index is 620. The lowest BCUT2D eigenvalue weighted by molar-refractivity contribution is -0.120. The second-order valence-electron chi connectivity index (χ2n) is 5.28. The molecule has 0 heterocycles. The molecule has 2 N–H and O–H groups in total. The summed E-state index contributed by atoms with van der Waals surface area (Å²) in [5, 5.41) is 6.08. The zero-order valence-electron chi connectivity index (χ0n) is 14.0. The highest BCUT2D eigenvalue weighted by Gasteiger charge is 2.04. The lowest BCUT2D eigenvalue weighted by atomic mass is 10.2. The van der Waals surface area contributed by atoms with E-state index >= 15 is 0 Å². The zero-order chi connectivity index (χ0) is 17.0. The van der Waals surface area contributed by atoms with Crippen LogP contribution in [0.3, 0.4) is 0 Å². The van der Waals surface area contributed by atoms with Crippen LogP contribution in [0.15, 0.2) is 59.5 Å². The highest BCUT2D eigenvalue weighted by molar-refractivity contribution is 7.99. The predicted octanol–water partition coefficient (Wildman–Crippen LogP) is 3.08. The van der Waals surface area contributed by atoms with Crippen molar-refractivity contribution in [3.8, 4) is 5.75 Å². The number of hydrogen-bond acceptors (Lipinski definition) is 4. The van der Waals surface area contributed by atoms with Crippen LogP contribution in [-0.4, -0.2) is 31.9 Å². The van der Waals surface area contributed by atoms with Gasteiger partial charge < -0.3 is 15.4 Å². The summed E-state index contributed by atoms with van der Waals surface area (Å²) >= 11 is 1.84. The molecule has 2 rings (SSSR count). The molecule has 0 fully saturated rings. The lowest BCUT2D eigenvalue weighted by Gasteiger charge is -2.10. The molecule has 0 saturated heterocycles. The van der Waals surface area contributed by atoms with Crippen molar-refractivity contribution in [3.63, 3.8) is 0 Å². The molecule has 0 aromatic heterocycles. The molecule has 0 unspecified atom stereocenters. The van der Waals surface area contributed by atoms with E-state index in [4.69, 9.17) is 4.74 Å². The summed E-state index contributed by atoms with van der Waals surface area (Å²) in [5.74, 6) is 1.83. The monoisotopic (exact) mass is 344 g/mol. The van der Waals surface area contributed by atoms with Gasteiger partial charge in [0.15, 0.2) is 0 Å². The Labute approximate surface area is 148 Å². The van der Waals surface area contributed by atoms with Crippen molar-refractivity contribution in [2.24, 2.45) is 0 Å². The molecular formula is C19H24N2O2S. The van der Waals surface area contributed by atoms with E-state index in [-0.39, 0.29) is 5.91 Å². The van der Waals surface area contributed by atoms with Gasteiger partial charge in [0.1, 0.15) is 5.75 Å². The second kappa shape index (κ2) is 10.7. The maximum atomic E-state index is 11.9. The quantitative estimate of drug-likeness (QED) is 0.514. The molecule has 0 atom stereocenters. The van der Waals surface area contributed by atoms with Crippen molar-refractivity contribution >= 4 is 17.7 Å². The maximum absolute atomic E-state index is 11.9. The van der Waals surface area contributed by atoms with Crippen LogP contribution < -0.4 is 15.4 Å². The van der Waals surface area contributed by atoms with Gasteiger partial charge in [0.05, 0.1) is 13.7 Å². The van der Waals surface area contributed by atoms with Crippen molar-refractivity contribution in [1.29, 1.82) is 0 Å². The van der Waals surface area contributed by atoms with Crippen molar-refractivity contribution in [2.75, 3.05) is 26.0 Å². The Morgan fingerprint density at radius 3 is 2.62 bits per heavy atom. The molecule has 128 valence electrons. The molecule has 24 heavy (non-hydrogen) atoms. The number of nitrogens with one attached hydrogen (secondary N) is 2. The fourth-order valence-electron chi connectivity index (χ4n) is 2.21. The minimum atomic E-state index is -0.00313. The van der Waals surface area contributed by atoms with Crippen molar-refractivity contribution in [3.05, 3.63) is 60.2 Å². The molecular weight excluding hydrogens is 320 g/mol. The maximum Gasteiger partial charge on any atom is 0.234 e. The number of thioether (sulfide) groups is 1. The van der Waals surface area contributed by atoms with Gasteiger partial charge in [0.25, 0.3) is 0 Å². The number of rotatable bonds is 10. The Hall–Kier alpha value is -1.98. The van der Waals surface area contributed by atoms with E-state index in [1.807, 2.05) is 54.2 Å². The van der Waals surface area contributed by atoms with Gasteiger partial charge in [-0.2, -0.15) is 0 Å². The third kappa shape index (κ3) is 6.64. The number of ether oxygens (including phenoxy) is 1. The fourth-order valence-corrected chi connectivity index (χ4v) is 3.09. The summed E-state index contributed by atoms with van der Waals surface area (Å²) in [5.41, 5.74) is 0.979. The summed E-state index contributed by atoms with van der Waals surface area (Å²) in [6.07, 6.45) is 1.03. The highest BCUT2D eigenvalue weighted by Crippen LogP contribution is 2.17. The molecule has 0 saturated carbocycles. The largest absolute Gasteiger partial charge is 0.496 e. The third-order valence-corrected chi connectivity index (χ3v) is 4.56. The average molecular weight is 344 g/mol. The van der Waals surface area contributed by atoms with Gasteiger partial charge in [0, 0.05) is 17.0 Å². The fraction of sp³-hybridized carbons (Fsp3) is 0.316. The summed E-state index contributed by atoms with van der Waals surface area (Å²) < 4.78 is 5.27. The van der Waals surface area contributed by atoms with E-state index in [0.29, 0.717) is 13.1 Å². The Kier molecular flexibility index (Phi) is 8.21. The van der Waals surface area contributed by atoms with Crippen LogP contribution in [0.25, 0.3) is 0 Å². The van der Waals surface area contributed by atoms with Gasteiger partial charge in [0.2, 0.25) is 5.91 Å². The first-order chi connectivity index (χ1) is 11.8. The van der Waals surface area contributed by atoms with Crippen LogP contribution in [0.2, 0.25) is 0 Å². The van der Waals surface area contributed by atoms with E-state index in [2.05, 4.69) is 22.8 Å². The van der Waals surface area contributed by atoms with Gasteiger partial charge in [-0.3, -0.25) is 4.79 Å². The molecule has 4 nitrogen and oxygen atoms in total. The predicted molar refractivity (Wildman–Crippen MR) is 99.5 cm³/mol. The van der Waals surface area contributed by atoms with Gasteiger partial charge in [-0.15, -0.1) is 11.8 Å². The Balaban J connectivity index is 1.55. The number of para-hydroxylation sites is 1. The van der Waals surface area contributed by atoms with Gasteiger partial charge >= 0.3 is 0 Å². The molecule has 2 aromatic carbocycles. The minimum absolute atomic E-state index is 0.00313. The smallest absolute Gasteiger partial charge is 0.234 e. The average Bonchev–Trinajstić information content (AvgIpc) is 2.64. The molecule has 0 bridgehead atoms. The third-order valence-electron chi connectivity index (χ3n) is 3.46. The summed E-state index contributed by atoms with van der Waals surface area (Å²) in [6.45, 7) is 1.65. The first-order valence-corrected chi connectivity index (χ1v) is 9.05. The molecule has 2 aromatic rings. The topological polar surface area (TPSA) is 50.4 Å². The normalized spacial score (nSPS) is 10.4. The second-order valence-corrected chi connectivity index (χ2v) is 6.45. The molecule has 0 spiro atoms. The molecule has 0 aliphatic heterocycles. The minimum Gasteiger partial charge on any atom is -0.496 e. The molecule has 5 heteroatoms. The Morgan fingerprint density at radius 2 is 1.83 bits per heavy atom. The SMILES string of the molecule is COc1ccccc1CNC(=O)CNCCCSc1ccccc1. The summed E-state index contributed by atoms with van der Waals surface area (Å²) in [6, 6.07) is 18.0. The van der Waals surface area contributed by atoms with E-state index in [9.17, 15) is 4.79 Å². The standard InChI is InChI=1S/C19H24N2O2S/c1-23-18-11-6-5-8-16(18)14-21-19(22)15-20-12-7-13-24-17-9-3-2-4-10-17/h2-6,8-11,20H,7,12-15H2,1H3,(H,21,22). The van der Waals surface area contributed by atoms with Crippen molar-refractivity contribution < 1.29 is 9.53 Å². The van der Waals surface area contributed by atoms with E-state index in [0.717, 1.165) is 30.0 Å². The molecule has 0 radical (unpaired) electrons. The first-order valence-electron chi connectivity index (χ1n) is 8.07.